The minimum absolute atomic E-state index is 0.00957. The van der Waals surface area contributed by atoms with Crippen molar-refractivity contribution in [3.8, 4) is 0 Å². The van der Waals surface area contributed by atoms with Crippen molar-refractivity contribution in [2.75, 3.05) is 6.54 Å². The molecule has 4 atom stereocenters. The smallest absolute Gasteiger partial charge is 0.243 e. The Balaban J connectivity index is 1.49. The maximum atomic E-state index is 12.5. The number of hydrazine groups is 1. The van der Waals surface area contributed by atoms with Crippen LogP contribution in [0, 0.1) is 23.7 Å². The second-order valence-corrected chi connectivity index (χ2v) is 8.60. The van der Waals surface area contributed by atoms with Gasteiger partial charge in [0.2, 0.25) is 17.7 Å². The van der Waals surface area contributed by atoms with E-state index in [0.29, 0.717) is 18.4 Å². The number of rotatable bonds is 3. The van der Waals surface area contributed by atoms with Gasteiger partial charge in [0.15, 0.2) is 0 Å². The van der Waals surface area contributed by atoms with Gasteiger partial charge in [-0.15, -0.1) is 0 Å². The summed E-state index contributed by atoms with van der Waals surface area (Å²) in [5.74, 6) is 0.490. The molecule has 0 unspecified atom stereocenters. The molecule has 146 valence electrons. The number of hydrogen-bond donors (Lipinski definition) is 2. The summed E-state index contributed by atoms with van der Waals surface area (Å²) in [5, 5.41) is 0. The van der Waals surface area contributed by atoms with Gasteiger partial charge in [-0.05, 0) is 31.1 Å². The highest BCUT2D eigenvalue weighted by molar-refractivity contribution is 5.90. The van der Waals surface area contributed by atoms with Gasteiger partial charge in [-0.1, -0.05) is 46.0 Å². The maximum Gasteiger partial charge on any atom is 0.243 e. The van der Waals surface area contributed by atoms with Gasteiger partial charge in [-0.25, -0.2) is 0 Å². The van der Waals surface area contributed by atoms with Gasteiger partial charge in [0, 0.05) is 24.9 Å². The topological polar surface area (TPSA) is 78.5 Å². The summed E-state index contributed by atoms with van der Waals surface area (Å²) >= 11 is 0. The van der Waals surface area contributed by atoms with Crippen molar-refractivity contribution < 1.29 is 14.4 Å². The lowest BCUT2D eigenvalue weighted by Crippen LogP contribution is -2.48. The molecule has 1 heterocycles. The van der Waals surface area contributed by atoms with E-state index in [1.807, 2.05) is 4.90 Å². The Bertz CT molecular complexity index is 544. The van der Waals surface area contributed by atoms with Crippen LogP contribution in [0.15, 0.2) is 0 Å². The Morgan fingerprint density at radius 1 is 0.885 bits per heavy atom. The molecule has 1 aliphatic heterocycles. The van der Waals surface area contributed by atoms with Crippen molar-refractivity contribution in [1.29, 1.82) is 0 Å². The molecule has 0 aromatic rings. The first-order chi connectivity index (χ1) is 12.5. The highest BCUT2D eigenvalue weighted by Gasteiger charge is 2.41. The third-order valence-electron chi connectivity index (χ3n) is 6.88. The van der Waals surface area contributed by atoms with Crippen LogP contribution in [-0.4, -0.2) is 35.2 Å². The van der Waals surface area contributed by atoms with Gasteiger partial charge in [0.05, 0.1) is 5.92 Å². The van der Waals surface area contributed by atoms with Crippen LogP contribution in [-0.2, 0) is 14.4 Å². The molecule has 2 aliphatic carbocycles. The largest absolute Gasteiger partial charge is 0.339 e. The number of nitrogens with zero attached hydrogens (tertiary/aromatic N) is 1. The molecule has 6 heteroatoms. The lowest BCUT2D eigenvalue weighted by Gasteiger charge is -2.40. The average molecular weight is 364 g/mol. The molecular weight excluding hydrogens is 330 g/mol. The third kappa shape index (κ3) is 4.21. The van der Waals surface area contributed by atoms with E-state index < -0.39 is 0 Å². The monoisotopic (exact) mass is 363 g/mol. The number of nitrogens with one attached hydrogen (secondary N) is 2. The summed E-state index contributed by atoms with van der Waals surface area (Å²) in [4.78, 5) is 39.0. The average Bonchev–Trinajstić information content (AvgIpc) is 3.04. The molecule has 2 N–H and O–H groups in total. The number of carbonyl (C=O) groups excluding carboxylic acids is 3. The predicted octanol–water partition coefficient (Wildman–Crippen LogP) is 2.39. The first kappa shape index (κ1) is 19.2. The molecule has 6 nitrogen and oxygen atoms in total. The maximum absolute atomic E-state index is 12.5. The van der Waals surface area contributed by atoms with E-state index in [1.165, 1.54) is 12.8 Å². The quantitative estimate of drug-likeness (QED) is 0.756. The first-order valence-electron chi connectivity index (χ1n) is 10.4. The number of hydrogen-bond acceptors (Lipinski definition) is 3. The standard InChI is InChI=1S/C20H33N3O3/c1-13-7-6-10-17(14(13)2)23-12-16(11-18(23)24)20(26)22-21-19(25)15-8-4-3-5-9-15/h13-17H,3-12H2,1-2H3,(H,21,25)(H,22,26)/t13-,14+,16-,17+/m1/s1. The normalized spacial score (nSPS) is 33.2. The summed E-state index contributed by atoms with van der Waals surface area (Å²) < 4.78 is 0. The van der Waals surface area contributed by atoms with E-state index in [2.05, 4.69) is 24.7 Å². The van der Waals surface area contributed by atoms with Gasteiger partial charge in [-0.3, -0.25) is 25.2 Å². The van der Waals surface area contributed by atoms with Gasteiger partial charge in [0.1, 0.15) is 0 Å². The fourth-order valence-corrected chi connectivity index (χ4v) is 4.91. The highest BCUT2D eigenvalue weighted by Crippen LogP contribution is 2.35. The second kappa shape index (κ2) is 8.40. The van der Waals surface area contributed by atoms with Crippen LogP contribution in [0.2, 0.25) is 0 Å². The summed E-state index contributed by atoms with van der Waals surface area (Å²) in [6.07, 6.45) is 8.79. The van der Waals surface area contributed by atoms with E-state index in [9.17, 15) is 14.4 Å². The van der Waals surface area contributed by atoms with Gasteiger partial charge < -0.3 is 4.90 Å². The molecule has 0 radical (unpaired) electrons. The van der Waals surface area contributed by atoms with E-state index in [4.69, 9.17) is 0 Å². The summed E-state index contributed by atoms with van der Waals surface area (Å²) in [6, 6.07) is 0.251. The van der Waals surface area contributed by atoms with Crippen LogP contribution in [0.3, 0.4) is 0 Å². The molecule has 3 amide bonds. The zero-order chi connectivity index (χ0) is 18.7. The summed E-state index contributed by atoms with van der Waals surface area (Å²) in [7, 11) is 0. The zero-order valence-corrected chi connectivity index (χ0v) is 16.1. The van der Waals surface area contributed by atoms with Crippen LogP contribution >= 0.6 is 0 Å². The Kier molecular flexibility index (Phi) is 6.20. The fraction of sp³-hybridized carbons (Fsp3) is 0.850. The minimum atomic E-state index is -0.362. The molecule has 0 aromatic carbocycles. The molecule has 26 heavy (non-hydrogen) atoms. The van der Waals surface area contributed by atoms with Crippen molar-refractivity contribution >= 4 is 17.7 Å². The zero-order valence-electron chi connectivity index (χ0n) is 16.1. The van der Waals surface area contributed by atoms with E-state index in [1.54, 1.807) is 0 Å². The number of amides is 3. The van der Waals surface area contributed by atoms with Crippen molar-refractivity contribution in [2.24, 2.45) is 23.7 Å². The predicted molar refractivity (Wildman–Crippen MR) is 98.6 cm³/mol. The molecule has 0 bridgehead atoms. The van der Waals surface area contributed by atoms with E-state index in [-0.39, 0.29) is 42.0 Å². The highest BCUT2D eigenvalue weighted by atomic mass is 16.2. The van der Waals surface area contributed by atoms with E-state index in [0.717, 1.165) is 38.5 Å². The molecule has 3 aliphatic rings. The van der Waals surface area contributed by atoms with Crippen LogP contribution < -0.4 is 10.9 Å². The van der Waals surface area contributed by atoms with Crippen molar-refractivity contribution in [3.05, 3.63) is 0 Å². The van der Waals surface area contributed by atoms with Crippen molar-refractivity contribution in [1.82, 2.24) is 15.8 Å². The lowest BCUT2D eigenvalue weighted by atomic mass is 9.77. The number of likely N-dealkylation sites (tertiary alicyclic amines) is 1. The van der Waals surface area contributed by atoms with Crippen LogP contribution in [0.5, 0.6) is 0 Å². The van der Waals surface area contributed by atoms with Crippen LogP contribution in [0.1, 0.15) is 71.6 Å². The molecule has 3 fully saturated rings. The van der Waals surface area contributed by atoms with Gasteiger partial charge >= 0.3 is 0 Å². The Morgan fingerprint density at radius 2 is 1.54 bits per heavy atom. The summed E-state index contributed by atoms with van der Waals surface area (Å²) in [6.45, 7) is 4.95. The fourth-order valence-electron chi connectivity index (χ4n) is 4.91. The number of carbonyl (C=O) groups is 3. The van der Waals surface area contributed by atoms with Crippen LogP contribution in [0.25, 0.3) is 0 Å². The van der Waals surface area contributed by atoms with Crippen molar-refractivity contribution in [3.63, 3.8) is 0 Å². The molecule has 0 spiro atoms. The Hall–Kier alpha value is -1.59. The second-order valence-electron chi connectivity index (χ2n) is 8.60. The SMILES string of the molecule is C[C@H]1[C@H](C)CCC[C@@H]1N1C[C@H](C(=O)NNC(=O)C2CCCCC2)CC1=O. The molecule has 2 saturated carbocycles. The molecular formula is C20H33N3O3. The first-order valence-corrected chi connectivity index (χ1v) is 10.4. The van der Waals surface area contributed by atoms with E-state index >= 15 is 0 Å². The lowest BCUT2D eigenvalue weighted by molar-refractivity contribution is -0.133. The molecule has 3 rings (SSSR count). The summed E-state index contributed by atoms with van der Waals surface area (Å²) in [5.41, 5.74) is 5.15. The van der Waals surface area contributed by atoms with Gasteiger partial charge in [-0.2, -0.15) is 0 Å². The third-order valence-corrected chi connectivity index (χ3v) is 6.88. The molecule has 1 saturated heterocycles. The molecule has 0 aromatic heterocycles. The minimum Gasteiger partial charge on any atom is -0.339 e. The van der Waals surface area contributed by atoms with Crippen molar-refractivity contribution in [2.45, 2.75) is 77.7 Å². The van der Waals surface area contributed by atoms with Gasteiger partial charge in [0.25, 0.3) is 0 Å². The Morgan fingerprint density at radius 3 is 2.23 bits per heavy atom. The van der Waals surface area contributed by atoms with Crippen LogP contribution in [0.4, 0.5) is 0 Å². The Labute approximate surface area is 156 Å².